The number of nitrogens with zero attached hydrogens (tertiary/aromatic N) is 2. The number of halogens is 3. The van der Waals surface area contributed by atoms with Gasteiger partial charge in [0.05, 0.1) is 10.5 Å². The van der Waals surface area contributed by atoms with E-state index in [0.717, 1.165) is 32.8 Å². The van der Waals surface area contributed by atoms with Gasteiger partial charge in [0.25, 0.3) is 0 Å². The van der Waals surface area contributed by atoms with Gasteiger partial charge in [-0.15, -0.1) is 0 Å². The Bertz CT molecular complexity index is 1300. The van der Waals surface area contributed by atoms with Gasteiger partial charge in [-0.05, 0) is 53.4 Å². The van der Waals surface area contributed by atoms with Gasteiger partial charge in [-0.1, -0.05) is 42.5 Å². The average molecular weight is 491 g/mol. The lowest BCUT2D eigenvalue weighted by Crippen LogP contribution is -2.43. The maximum atomic E-state index is 13.0. The van der Waals surface area contributed by atoms with Crippen molar-refractivity contribution < 1.29 is 26.4 Å². The molecule has 1 aliphatic heterocycles. The first-order valence-corrected chi connectivity index (χ1v) is 12.4. The van der Waals surface area contributed by atoms with Crippen molar-refractivity contribution in [3.63, 3.8) is 0 Å². The second-order valence-electron chi connectivity index (χ2n) is 8.58. The Labute approximate surface area is 196 Å². The molecule has 1 saturated heterocycles. The third-order valence-electron chi connectivity index (χ3n) is 6.21. The van der Waals surface area contributed by atoms with Gasteiger partial charge in [-0.25, -0.2) is 8.42 Å². The van der Waals surface area contributed by atoms with Gasteiger partial charge in [-0.3, -0.25) is 4.79 Å². The Hall–Kier alpha value is -2.91. The van der Waals surface area contributed by atoms with E-state index in [1.807, 2.05) is 42.5 Å². The van der Waals surface area contributed by atoms with Crippen molar-refractivity contribution in [2.75, 3.05) is 20.1 Å². The van der Waals surface area contributed by atoms with Gasteiger partial charge in [-0.2, -0.15) is 17.5 Å². The molecule has 3 aromatic rings. The van der Waals surface area contributed by atoms with E-state index in [-0.39, 0.29) is 29.8 Å². The Balaban J connectivity index is 1.39. The molecule has 180 valence electrons. The van der Waals surface area contributed by atoms with Gasteiger partial charge in [0.2, 0.25) is 15.9 Å². The summed E-state index contributed by atoms with van der Waals surface area (Å²) in [5, 5.41) is 2.21. The minimum atomic E-state index is -4.62. The van der Waals surface area contributed by atoms with Crippen molar-refractivity contribution in [3.8, 4) is 0 Å². The highest BCUT2D eigenvalue weighted by atomic mass is 32.2. The molecule has 34 heavy (non-hydrogen) atoms. The Morgan fingerprint density at radius 3 is 2.32 bits per heavy atom. The third-order valence-corrected chi connectivity index (χ3v) is 8.11. The van der Waals surface area contributed by atoms with E-state index in [0.29, 0.717) is 25.5 Å². The van der Waals surface area contributed by atoms with Crippen LogP contribution in [0.4, 0.5) is 13.2 Å². The molecule has 0 saturated carbocycles. The zero-order chi connectivity index (χ0) is 24.5. The zero-order valence-corrected chi connectivity index (χ0v) is 19.4. The maximum Gasteiger partial charge on any atom is 0.416 e. The number of alkyl halides is 3. The standard InChI is InChI=1S/C25H25F3N2O3S/c1-29(17-18-9-10-19-5-2-3-6-21(19)15-18)24(31)20-11-13-30(14-12-20)34(32,33)23-8-4-7-22(16-23)25(26,27)28/h2-10,15-16,20H,11-14,17H2,1H3. The van der Waals surface area contributed by atoms with Crippen LogP contribution in [-0.2, 0) is 27.5 Å². The summed E-state index contributed by atoms with van der Waals surface area (Å²) in [7, 11) is -2.35. The summed E-state index contributed by atoms with van der Waals surface area (Å²) in [5.74, 6) is -0.400. The first-order valence-electron chi connectivity index (χ1n) is 11.0. The van der Waals surface area contributed by atoms with Crippen LogP contribution in [0.15, 0.2) is 71.6 Å². The summed E-state index contributed by atoms with van der Waals surface area (Å²) in [5.41, 5.74) is -0.00642. The normalized spacial score (nSPS) is 16.0. The number of piperidine rings is 1. The lowest BCUT2D eigenvalue weighted by Gasteiger charge is -2.32. The van der Waals surface area contributed by atoms with Crippen LogP contribution in [-0.4, -0.2) is 43.7 Å². The molecule has 0 bridgehead atoms. The summed E-state index contributed by atoms with van der Waals surface area (Å²) in [4.78, 5) is 14.2. The molecule has 0 atom stereocenters. The van der Waals surface area contributed by atoms with Crippen LogP contribution in [0.3, 0.4) is 0 Å². The van der Waals surface area contributed by atoms with Crippen molar-refractivity contribution in [1.82, 2.24) is 9.21 Å². The van der Waals surface area contributed by atoms with E-state index in [1.165, 1.54) is 6.07 Å². The van der Waals surface area contributed by atoms with Crippen LogP contribution in [0, 0.1) is 5.92 Å². The van der Waals surface area contributed by atoms with Gasteiger partial charge in [0, 0.05) is 32.6 Å². The molecule has 0 N–H and O–H groups in total. The van der Waals surface area contributed by atoms with Gasteiger partial charge < -0.3 is 4.90 Å². The molecular weight excluding hydrogens is 465 g/mol. The third kappa shape index (κ3) is 5.10. The average Bonchev–Trinajstić information content (AvgIpc) is 2.83. The summed E-state index contributed by atoms with van der Waals surface area (Å²) < 4.78 is 65.9. The minimum absolute atomic E-state index is 0.0655. The number of fused-ring (bicyclic) bond motifs is 1. The van der Waals surface area contributed by atoms with Crippen LogP contribution in [0.5, 0.6) is 0 Å². The van der Waals surface area contributed by atoms with E-state index in [2.05, 4.69) is 0 Å². The lowest BCUT2D eigenvalue weighted by atomic mass is 9.96. The lowest BCUT2D eigenvalue weighted by molar-refractivity contribution is -0.138. The molecule has 0 radical (unpaired) electrons. The number of carbonyl (C=O) groups is 1. The molecule has 0 unspecified atom stereocenters. The second kappa shape index (κ2) is 9.38. The number of sulfonamides is 1. The topological polar surface area (TPSA) is 57.7 Å². The van der Waals surface area contributed by atoms with E-state index in [4.69, 9.17) is 0 Å². The van der Waals surface area contributed by atoms with Crippen molar-refractivity contribution >= 4 is 26.7 Å². The fraction of sp³-hybridized carbons (Fsp3) is 0.320. The Morgan fingerprint density at radius 1 is 0.971 bits per heavy atom. The van der Waals surface area contributed by atoms with E-state index < -0.39 is 21.8 Å². The second-order valence-corrected chi connectivity index (χ2v) is 10.5. The largest absolute Gasteiger partial charge is 0.416 e. The predicted octanol–water partition coefficient (Wildman–Crippen LogP) is 4.92. The highest BCUT2D eigenvalue weighted by Crippen LogP contribution is 2.32. The molecule has 4 rings (SSSR count). The number of rotatable bonds is 5. The highest BCUT2D eigenvalue weighted by molar-refractivity contribution is 7.89. The fourth-order valence-corrected chi connectivity index (χ4v) is 5.84. The molecule has 0 aromatic heterocycles. The Kier molecular flexibility index (Phi) is 6.69. The number of amides is 1. The van der Waals surface area contributed by atoms with Crippen molar-refractivity contribution in [1.29, 1.82) is 0 Å². The number of hydrogen-bond donors (Lipinski definition) is 0. The first kappa shape index (κ1) is 24.2. The number of carbonyl (C=O) groups excluding carboxylic acids is 1. The number of benzene rings is 3. The fourth-order valence-electron chi connectivity index (χ4n) is 4.33. The summed E-state index contributed by atoms with van der Waals surface area (Å²) >= 11 is 0. The maximum absolute atomic E-state index is 13.0. The molecule has 1 amide bonds. The van der Waals surface area contributed by atoms with Crippen LogP contribution >= 0.6 is 0 Å². The quantitative estimate of drug-likeness (QED) is 0.510. The van der Waals surface area contributed by atoms with Gasteiger partial charge >= 0.3 is 6.18 Å². The van der Waals surface area contributed by atoms with Crippen molar-refractivity contribution in [3.05, 3.63) is 77.9 Å². The summed E-state index contributed by atoms with van der Waals surface area (Å²) in [6, 6.07) is 17.8. The molecule has 1 aliphatic rings. The summed E-state index contributed by atoms with van der Waals surface area (Å²) in [6.45, 7) is 0.601. The van der Waals surface area contributed by atoms with Crippen molar-refractivity contribution in [2.45, 2.75) is 30.5 Å². The molecule has 5 nitrogen and oxygen atoms in total. The van der Waals surface area contributed by atoms with Crippen molar-refractivity contribution in [2.24, 2.45) is 5.92 Å². The van der Waals surface area contributed by atoms with E-state index >= 15 is 0 Å². The highest BCUT2D eigenvalue weighted by Gasteiger charge is 2.35. The molecule has 0 aliphatic carbocycles. The minimum Gasteiger partial charge on any atom is -0.341 e. The first-order chi connectivity index (χ1) is 16.1. The summed E-state index contributed by atoms with van der Waals surface area (Å²) in [6.07, 6.45) is -3.99. The van der Waals surface area contributed by atoms with Crippen LogP contribution in [0.25, 0.3) is 10.8 Å². The smallest absolute Gasteiger partial charge is 0.341 e. The van der Waals surface area contributed by atoms with Gasteiger partial charge in [0.15, 0.2) is 0 Å². The van der Waals surface area contributed by atoms with Gasteiger partial charge in [0.1, 0.15) is 0 Å². The zero-order valence-electron chi connectivity index (χ0n) is 18.6. The molecule has 1 heterocycles. The predicted molar refractivity (Wildman–Crippen MR) is 123 cm³/mol. The van der Waals surface area contributed by atoms with E-state index in [1.54, 1.807) is 11.9 Å². The molecule has 0 spiro atoms. The van der Waals surface area contributed by atoms with E-state index in [9.17, 15) is 26.4 Å². The Morgan fingerprint density at radius 2 is 1.65 bits per heavy atom. The molecule has 9 heteroatoms. The number of hydrogen-bond acceptors (Lipinski definition) is 3. The monoisotopic (exact) mass is 490 g/mol. The van der Waals surface area contributed by atoms with Crippen LogP contribution in [0.2, 0.25) is 0 Å². The molecular formula is C25H25F3N2O3S. The SMILES string of the molecule is CN(Cc1ccc2ccccc2c1)C(=O)C1CCN(S(=O)(=O)c2cccc(C(F)(F)F)c2)CC1. The van der Waals surface area contributed by atoms with Crippen LogP contribution < -0.4 is 0 Å². The molecule has 3 aromatic carbocycles. The van der Waals surface area contributed by atoms with Crippen LogP contribution in [0.1, 0.15) is 24.0 Å². The molecule has 1 fully saturated rings.